The topological polar surface area (TPSA) is 9.23 Å². The van der Waals surface area contributed by atoms with Crippen molar-refractivity contribution < 1.29 is 4.74 Å². The maximum atomic E-state index is 5.23. The molecular formula is C16H18OS. The molecule has 0 radical (unpaired) electrons. The molecule has 0 saturated carbocycles. The molecule has 0 heterocycles. The van der Waals surface area contributed by atoms with E-state index >= 15 is 0 Å². The van der Waals surface area contributed by atoms with Crippen LogP contribution < -0.4 is 4.74 Å². The minimum absolute atomic E-state index is 0.938. The van der Waals surface area contributed by atoms with Crippen molar-refractivity contribution in [3.05, 3.63) is 66.1 Å². The van der Waals surface area contributed by atoms with Crippen molar-refractivity contribution in [2.45, 2.75) is 6.92 Å². The van der Waals surface area contributed by atoms with Crippen LogP contribution in [0.25, 0.3) is 10.8 Å². The molecule has 2 heteroatoms. The van der Waals surface area contributed by atoms with Crippen molar-refractivity contribution >= 4 is 23.4 Å². The van der Waals surface area contributed by atoms with Crippen LogP contribution in [-0.4, -0.2) is 7.11 Å². The van der Waals surface area contributed by atoms with E-state index in [1.807, 2.05) is 49.4 Å². The molecule has 2 rings (SSSR count). The molecule has 0 aliphatic carbocycles. The van der Waals surface area contributed by atoms with Gasteiger partial charge in [0.15, 0.2) is 0 Å². The number of ether oxygens (including phenoxy) is 1. The Hall–Kier alpha value is -1.67. The largest absolute Gasteiger partial charge is 0.496 e. The molecule has 0 aromatic heterocycles. The van der Waals surface area contributed by atoms with Gasteiger partial charge in [0, 0.05) is 5.39 Å². The van der Waals surface area contributed by atoms with Crippen LogP contribution in [0.3, 0.4) is 0 Å². The van der Waals surface area contributed by atoms with Gasteiger partial charge in [0.1, 0.15) is 5.75 Å². The molecule has 0 aliphatic heterocycles. The first-order valence-electron chi connectivity index (χ1n) is 5.77. The van der Waals surface area contributed by atoms with E-state index in [4.69, 9.17) is 4.74 Å². The molecule has 2 aromatic rings. The SMILES string of the molecule is C/C=C\C=C/S.COc1cccc2ccccc12. The first kappa shape index (κ1) is 14.4. The summed E-state index contributed by atoms with van der Waals surface area (Å²) in [6.45, 7) is 1.97. The average molecular weight is 258 g/mol. The fraction of sp³-hybridized carbons (Fsp3) is 0.125. The quantitative estimate of drug-likeness (QED) is 0.598. The van der Waals surface area contributed by atoms with Crippen molar-refractivity contribution in [2.24, 2.45) is 0 Å². The van der Waals surface area contributed by atoms with Crippen molar-refractivity contribution in [1.82, 2.24) is 0 Å². The highest BCUT2D eigenvalue weighted by Crippen LogP contribution is 2.24. The number of rotatable bonds is 2. The number of fused-ring (bicyclic) bond motifs is 1. The number of allylic oxidation sites excluding steroid dienone is 3. The Labute approximate surface area is 114 Å². The Kier molecular flexibility index (Phi) is 6.74. The van der Waals surface area contributed by atoms with Gasteiger partial charge in [0.2, 0.25) is 0 Å². The fourth-order valence-electron chi connectivity index (χ4n) is 1.53. The predicted molar refractivity (Wildman–Crippen MR) is 83.4 cm³/mol. The van der Waals surface area contributed by atoms with Crippen LogP contribution in [0, 0.1) is 0 Å². The monoisotopic (exact) mass is 258 g/mol. The van der Waals surface area contributed by atoms with Gasteiger partial charge < -0.3 is 4.74 Å². The lowest BCUT2D eigenvalue weighted by Gasteiger charge is -2.03. The highest BCUT2D eigenvalue weighted by molar-refractivity contribution is 7.83. The van der Waals surface area contributed by atoms with Crippen molar-refractivity contribution in [1.29, 1.82) is 0 Å². The van der Waals surface area contributed by atoms with Gasteiger partial charge in [-0.2, -0.15) is 12.6 Å². The molecule has 18 heavy (non-hydrogen) atoms. The van der Waals surface area contributed by atoms with Crippen LogP contribution in [0.5, 0.6) is 5.75 Å². The summed E-state index contributed by atoms with van der Waals surface area (Å²) in [7, 11) is 1.70. The van der Waals surface area contributed by atoms with Crippen LogP contribution in [0.1, 0.15) is 6.92 Å². The number of thiol groups is 1. The standard InChI is InChI=1S/C11H10O.C5H8S/c1-12-11-8-4-6-9-5-2-3-7-10(9)11;1-2-3-4-5-6/h2-8H,1H3;2-6H,1H3/b;3-2-,5-4-. The van der Waals surface area contributed by atoms with Gasteiger partial charge in [0.25, 0.3) is 0 Å². The van der Waals surface area contributed by atoms with Gasteiger partial charge in [-0.3, -0.25) is 0 Å². The van der Waals surface area contributed by atoms with Crippen LogP contribution in [0.2, 0.25) is 0 Å². The van der Waals surface area contributed by atoms with Crippen LogP contribution >= 0.6 is 12.6 Å². The molecule has 0 spiro atoms. The molecule has 0 bridgehead atoms. The van der Waals surface area contributed by atoms with E-state index in [0.717, 1.165) is 5.75 Å². The van der Waals surface area contributed by atoms with Gasteiger partial charge >= 0.3 is 0 Å². The normalized spacial score (nSPS) is 10.6. The summed E-state index contributed by atoms with van der Waals surface area (Å²) in [5.74, 6) is 0.938. The molecule has 0 aliphatic rings. The second kappa shape index (κ2) is 8.43. The Balaban J connectivity index is 0.000000232. The van der Waals surface area contributed by atoms with E-state index in [1.54, 1.807) is 12.5 Å². The molecule has 0 N–H and O–H groups in total. The second-order valence-electron chi connectivity index (χ2n) is 3.55. The average Bonchev–Trinajstić information content (AvgIpc) is 2.45. The molecule has 2 aromatic carbocycles. The molecule has 1 nitrogen and oxygen atoms in total. The van der Waals surface area contributed by atoms with E-state index in [0.29, 0.717) is 0 Å². The molecule has 94 valence electrons. The summed E-state index contributed by atoms with van der Waals surface area (Å²) in [6.07, 6.45) is 5.74. The molecule has 0 atom stereocenters. The second-order valence-corrected chi connectivity index (χ2v) is 3.85. The third-order valence-corrected chi connectivity index (χ3v) is 2.53. The maximum absolute atomic E-state index is 5.23. The smallest absolute Gasteiger partial charge is 0.126 e. The zero-order valence-corrected chi connectivity index (χ0v) is 11.6. The van der Waals surface area contributed by atoms with Crippen LogP contribution in [-0.2, 0) is 0 Å². The van der Waals surface area contributed by atoms with Crippen molar-refractivity contribution in [3.63, 3.8) is 0 Å². The van der Waals surface area contributed by atoms with Crippen LogP contribution in [0.15, 0.2) is 66.1 Å². The summed E-state index contributed by atoms with van der Waals surface area (Å²) in [4.78, 5) is 0. The van der Waals surface area contributed by atoms with Crippen molar-refractivity contribution in [3.8, 4) is 5.75 Å². The minimum atomic E-state index is 0.938. The predicted octanol–water partition coefficient (Wildman–Crippen LogP) is 4.85. The van der Waals surface area contributed by atoms with E-state index in [2.05, 4.69) is 30.8 Å². The number of methoxy groups -OCH3 is 1. The van der Waals surface area contributed by atoms with Gasteiger partial charge in [-0.05, 0) is 23.8 Å². The highest BCUT2D eigenvalue weighted by atomic mass is 32.1. The lowest BCUT2D eigenvalue weighted by Crippen LogP contribution is -1.83. The molecule has 0 fully saturated rings. The molecule has 0 saturated heterocycles. The van der Waals surface area contributed by atoms with Gasteiger partial charge in [-0.25, -0.2) is 0 Å². The first-order valence-corrected chi connectivity index (χ1v) is 6.29. The third-order valence-electron chi connectivity index (χ3n) is 2.36. The minimum Gasteiger partial charge on any atom is -0.496 e. The molecular weight excluding hydrogens is 240 g/mol. The van der Waals surface area contributed by atoms with Crippen LogP contribution in [0.4, 0.5) is 0 Å². The Bertz CT molecular complexity index is 514. The fourth-order valence-corrected chi connectivity index (χ4v) is 1.63. The summed E-state index contributed by atoms with van der Waals surface area (Å²) >= 11 is 3.82. The highest BCUT2D eigenvalue weighted by Gasteiger charge is 1.96. The Morgan fingerprint density at radius 3 is 2.33 bits per heavy atom. The maximum Gasteiger partial charge on any atom is 0.126 e. The summed E-state index contributed by atoms with van der Waals surface area (Å²) in [5, 5.41) is 4.08. The number of hydrogen-bond donors (Lipinski definition) is 1. The van der Waals surface area contributed by atoms with Gasteiger partial charge in [-0.15, -0.1) is 0 Å². The number of benzene rings is 2. The van der Waals surface area contributed by atoms with E-state index < -0.39 is 0 Å². The zero-order chi connectivity index (χ0) is 13.2. The third kappa shape index (κ3) is 4.30. The van der Waals surface area contributed by atoms with E-state index in [9.17, 15) is 0 Å². The zero-order valence-electron chi connectivity index (χ0n) is 10.7. The lowest BCUT2D eigenvalue weighted by molar-refractivity contribution is 0.420. The summed E-state index contributed by atoms with van der Waals surface area (Å²) in [5.41, 5.74) is 0. The Morgan fingerprint density at radius 2 is 1.72 bits per heavy atom. The Morgan fingerprint density at radius 1 is 1.00 bits per heavy atom. The van der Waals surface area contributed by atoms with E-state index in [1.165, 1.54) is 10.8 Å². The summed E-state index contributed by atoms with van der Waals surface area (Å²) < 4.78 is 5.23. The van der Waals surface area contributed by atoms with Crippen molar-refractivity contribution in [2.75, 3.05) is 7.11 Å². The van der Waals surface area contributed by atoms with Gasteiger partial charge in [-0.1, -0.05) is 54.6 Å². The van der Waals surface area contributed by atoms with E-state index in [-0.39, 0.29) is 0 Å². The van der Waals surface area contributed by atoms with Gasteiger partial charge in [0.05, 0.1) is 7.11 Å². The molecule has 0 amide bonds. The summed E-state index contributed by atoms with van der Waals surface area (Å²) in [6, 6.07) is 14.2. The number of hydrogen-bond acceptors (Lipinski definition) is 2. The molecule has 0 unspecified atom stereocenters. The lowest BCUT2D eigenvalue weighted by atomic mass is 10.1. The first-order chi connectivity index (χ1) is 8.83.